The Kier molecular flexibility index (Phi) is 6.25. The number of guanidine groups is 1. The zero-order valence-electron chi connectivity index (χ0n) is 14.2. The molecule has 122 valence electrons. The van der Waals surface area contributed by atoms with Crippen molar-refractivity contribution in [2.24, 2.45) is 10.7 Å². The van der Waals surface area contributed by atoms with Crippen LogP contribution in [0.1, 0.15) is 51.5 Å². The molecule has 0 aliphatic carbocycles. The number of nitrogens with two attached hydrogens (primary N) is 1. The fourth-order valence-electron chi connectivity index (χ4n) is 3.04. The summed E-state index contributed by atoms with van der Waals surface area (Å²) in [6.07, 6.45) is 3.67. The van der Waals surface area contributed by atoms with E-state index in [1.54, 1.807) is 0 Å². The first kappa shape index (κ1) is 16.8. The van der Waals surface area contributed by atoms with Crippen molar-refractivity contribution in [3.63, 3.8) is 0 Å². The molecule has 0 bridgehead atoms. The van der Waals surface area contributed by atoms with Gasteiger partial charge in [-0.1, -0.05) is 32.9 Å². The van der Waals surface area contributed by atoms with Crippen molar-refractivity contribution >= 4 is 11.6 Å². The van der Waals surface area contributed by atoms with Crippen molar-refractivity contribution in [2.75, 3.05) is 25.0 Å². The zero-order valence-corrected chi connectivity index (χ0v) is 14.2. The first-order valence-electron chi connectivity index (χ1n) is 8.55. The van der Waals surface area contributed by atoms with E-state index in [4.69, 9.17) is 5.73 Å². The number of nitrogens with one attached hydrogen (secondary N) is 1. The highest BCUT2D eigenvalue weighted by Gasteiger charge is 2.22. The van der Waals surface area contributed by atoms with Gasteiger partial charge in [-0.2, -0.15) is 0 Å². The molecule has 4 heteroatoms. The van der Waals surface area contributed by atoms with Crippen molar-refractivity contribution in [3.8, 4) is 0 Å². The second-order valence-corrected chi connectivity index (χ2v) is 6.21. The smallest absolute Gasteiger partial charge is 0.193 e. The van der Waals surface area contributed by atoms with E-state index in [9.17, 15) is 0 Å². The van der Waals surface area contributed by atoms with Crippen LogP contribution in [0.3, 0.4) is 0 Å². The van der Waals surface area contributed by atoms with Crippen LogP contribution in [-0.4, -0.2) is 36.5 Å². The SMILES string of the molecule is CCC(C)c1ccc(NC(N)=NCC2CCCN2CC)cc1. The summed E-state index contributed by atoms with van der Waals surface area (Å²) < 4.78 is 0. The van der Waals surface area contributed by atoms with E-state index in [1.807, 2.05) is 0 Å². The Bertz CT molecular complexity index is 480. The monoisotopic (exact) mass is 302 g/mol. The highest BCUT2D eigenvalue weighted by Crippen LogP contribution is 2.20. The van der Waals surface area contributed by atoms with Gasteiger partial charge in [-0.15, -0.1) is 0 Å². The Morgan fingerprint density at radius 1 is 1.36 bits per heavy atom. The van der Waals surface area contributed by atoms with Gasteiger partial charge in [0.1, 0.15) is 0 Å². The summed E-state index contributed by atoms with van der Waals surface area (Å²) in [5, 5.41) is 3.19. The number of rotatable bonds is 6. The predicted octanol–water partition coefficient (Wildman–Crippen LogP) is 3.41. The Morgan fingerprint density at radius 3 is 2.73 bits per heavy atom. The molecule has 3 N–H and O–H groups in total. The van der Waals surface area contributed by atoms with Crippen molar-refractivity contribution in [1.29, 1.82) is 0 Å². The van der Waals surface area contributed by atoms with E-state index in [0.717, 1.165) is 25.2 Å². The predicted molar refractivity (Wildman–Crippen MR) is 95.5 cm³/mol. The lowest BCUT2D eigenvalue weighted by atomic mass is 9.99. The van der Waals surface area contributed by atoms with Crippen molar-refractivity contribution in [2.45, 2.75) is 52.0 Å². The van der Waals surface area contributed by atoms with Gasteiger partial charge < -0.3 is 11.1 Å². The van der Waals surface area contributed by atoms with Gasteiger partial charge in [-0.05, 0) is 56.0 Å². The second-order valence-electron chi connectivity index (χ2n) is 6.21. The fraction of sp³-hybridized carbons (Fsp3) is 0.611. The fourth-order valence-corrected chi connectivity index (χ4v) is 3.04. The third-order valence-corrected chi connectivity index (χ3v) is 4.74. The molecule has 1 aliphatic rings. The summed E-state index contributed by atoms with van der Waals surface area (Å²) in [7, 11) is 0. The first-order valence-corrected chi connectivity index (χ1v) is 8.55. The van der Waals surface area contributed by atoms with Crippen LogP contribution >= 0.6 is 0 Å². The largest absolute Gasteiger partial charge is 0.370 e. The van der Waals surface area contributed by atoms with Gasteiger partial charge in [0.05, 0.1) is 6.54 Å². The van der Waals surface area contributed by atoms with Crippen LogP contribution in [0.15, 0.2) is 29.3 Å². The number of likely N-dealkylation sites (N-methyl/N-ethyl adjacent to an activating group) is 1. The minimum atomic E-state index is 0.513. The van der Waals surface area contributed by atoms with Gasteiger partial charge in [0.15, 0.2) is 5.96 Å². The van der Waals surface area contributed by atoms with Gasteiger partial charge >= 0.3 is 0 Å². The van der Waals surface area contributed by atoms with Crippen molar-refractivity contribution in [1.82, 2.24) is 4.90 Å². The number of aliphatic imine (C=N–C) groups is 1. The molecule has 0 amide bonds. The molecule has 1 aromatic carbocycles. The number of anilines is 1. The first-order chi connectivity index (χ1) is 10.6. The lowest BCUT2D eigenvalue weighted by molar-refractivity contribution is 0.273. The molecule has 1 heterocycles. The molecule has 2 rings (SSSR count). The molecule has 0 aromatic heterocycles. The molecule has 22 heavy (non-hydrogen) atoms. The van der Waals surface area contributed by atoms with E-state index in [0.29, 0.717) is 17.9 Å². The quantitative estimate of drug-likeness (QED) is 0.625. The molecule has 1 aliphatic heterocycles. The zero-order chi connectivity index (χ0) is 15.9. The van der Waals surface area contributed by atoms with E-state index >= 15 is 0 Å². The Morgan fingerprint density at radius 2 is 2.09 bits per heavy atom. The van der Waals surface area contributed by atoms with Crippen LogP contribution in [0.2, 0.25) is 0 Å². The number of benzene rings is 1. The van der Waals surface area contributed by atoms with E-state index in [1.165, 1.54) is 24.9 Å². The summed E-state index contributed by atoms with van der Waals surface area (Å²) in [6, 6.07) is 9.05. The number of nitrogens with zero attached hydrogens (tertiary/aromatic N) is 2. The molecule has 0 saturated carbocycles. The van der Waals surface area contributed by atoms with Crippen LogP contribution in [-0.2, 0) is 0 Å². The maximum absolute atomic E-state index is 6.02. The van der Waals surface area contributed by atoms with Crippen LogP contribution < -0.4 is 11.1 Å². The van der Waals surface area contributed by atoms with Crippen molar-refractivity contribution in [3.05, 3.63) is 29.8 Å². The molecular weight excluding hydrogens is 272 g/mol. The Labute approximate surface area is 134 Å². The molecule has 4 nitrogen and oxygen atoms in total. The summed E-state index contributed by atoms with van der Waals surface area (Å²) in [4.78, 5) is 7.00. The van der Waals surface area contributed by atoms with Crippen LogP contribution in [0.25, 0.3) is 0 Å². The summed E-state index contributed by atoms with van der Waals surface area (Å²) >= 11 is 0. The third kappa shape index (κ3) is 4.47. The number of likely N-dealkylation sites (tertiary alicyclic amines) is 1. The van der Waals surface area contributed by atoms with Gasteiger partial charge in [0.25, 0.3) is 0 Å². The molecule has 1 fully saturated rings. The topological polar surface area (TPSA) is 53.6 Å². The molecule has 2 atom stereocenters. The van der Waals surface area contributed by atoms with Gasteiger partial charge in [0, 0.05) is 11.7 Å². The summed E-state index contributed by atoms with van der Waals surface area (Å²) in [5.41, 5.74) is 8.39. The lowest BCUT2D eigenvalue weighted by Gasteiger charge is -2.21. The van der Waals surface area contributed by atoms with E-state index in [-0.39, 0.29) is 0 Å². The standard InChI is InChI=1S/C18H30N4/c1-4-14(3)15-8-10-16(11-9-15)21-18(19)20-13-17-7-6-12-22(17)5-2/h8-11,14,17H,4-7,12-13H2,1-3H3,(H3,19,20,21). The molecule has 0 spiro atoms. The van der Waals surface area contributed by atoms with Gasteiger partial charge in [-0.25, -0.2) is 0 Å². The third-order valence-electron chi connectivity index (χ3n) is 4.74. The minimum Gasteiger partial charge on any atom is -0.370 e. The van der Waals surface area contributed by atoms with Crippen LogP contribution in [0.4, 0.5) is 5.69 Å². The summed E-state index contributed by atoms with van der Waals surface area (Å²) in [5.74, 6) is 1.11. The second kappa shape index (κ2) is 8.18. The van der Waals surface area contributed by atoms with Gasteiger partial charge in [-0.3, -0.25) is 9.89 Å². The molecule has 1 aromatic rings. The van der Waals surface area contributed by atoms with Crippen molar-refractivity contribution < 1.29 is 0 Å². The van der Waals surface area contributed by atoms with E-state index < -0.39 is 0 Å². The lowest BCUT2D eigenvalue weighted by Crippen LogP contribution is -2.33. The van der Waals surface area contributed by atoms with E-state index in [2.05, 4.69) is 60.2 Å². The molecule has 2 unspecified atom stereocenters. The molecule has 0 radical (unpaired) electrons. The van der Waals surface area contributed by atoms with Gasteiger partial charge in [0.2, 0.25) is 0 Å². The average molecular weight is 302 g/mol. The highest BCUT2D eigenvalue weighted by molar-refractivity contribution is 5.92. The Hall–Kier alpha value is -1.55. The average Bonchev–Trinajstić information content (AvgIpc) is 3.00. The maximum atomic E-state index is 6.02. The number of hydrogen-bond donors (Lipinski definition) is 2. The minimum absolute atomic E-state index is 0.513. The maximum Gasteiger partial charge on any atom is 0.193 e. The number of hydrogen-bond acceptors (Lipinski definition) is 2. The van der Waals surface area contributed by atoms with Crippen LogP contribution in [0.5, 0.6) is 0 Å². The highest BCUT2D eigenvalue weighted by atomic mass is 15.2. The van der Waals surface area contributed by atoms with Crippen LogP contribution in [0, 0.1) is 0 Å². The Balaban J connectivity index is 1.88. The molecule has 1 saturated heterocycles. The summed E-state index contributed by atoms with van der Waals surface area (Å²) in [6.45, 7) is 9.76. The molecular formula is C18H30N4. The normalized spacial score (nSPS) is 21.0.